The molecule has 0 spiro atoms. The van der Waals surface area contributed by atoms with Gasteiger partial charge in [0, 0.05) is 20.5 Å². The van der Waals surface area contributed by atoms with Crippen molar-refractivity contribution in [3.63, 3.8) is 0 Å². The van der Waals surface area contributed by atoms with Gasteiger partial charge in [0.1, 0.15) is 0 Å². The highest BCUT2D eigenvalue weighted by Crippen LogP contribution is 2.38. The fourth-order valence-electron chi connectivity index (χ4n) is 1.43. The van der Waals surface area contributed by atoms with Gasteiger partial charge in [-0.25, -0.2) is 4.79 Å². The zero-order valence-electron chi connectivity index (χ0n) is 9.56. The van der Waals surface area contributed by atoms with Crippen LogP contribution in [0.1, 0.15) is 10.4 Å². The van der Waals surface area contributed by atoms with Crippen LogP contribution in [0.4, 0.5) is 5.69 Å². The van der Waals surface area contributed by atoms with Crippen molar-refractivity contribution in [1.29, 1.82) is 0 Å². The summed E-state index contributed by atoms with van der Waals surface area (Å²) in [7, 11) is 0. The molecular formula is C13H9Cl2NO2S. The average Bonchev–Trinajstić information content (AvgIpc) is 2.36. The molecule has 3 nitrogen and oxygen atoms in total. The zero-order chi connectivity index (χ0) is 14.0. The molecule has 98 valence electrons. The SMILES string of the molecule is Nc1ccc(C(=O)O)cc1Sc1cc(Cl)ccc1Cl. The number of nitrogen functional groups attached to an aromatic ring is 1. The first kappa shape index (κ1) is 14.1. The maximum absolute atomic E-state index is 10.9. The average molecular weight is 314 g/mol. The molecule has 0 aliphatic rings. The van der Waals surface area contributed by atoms with Crippen LogP contribution in [0.15, 0.2) is 46.2 Å². The zero-order valence-corrected chi connectivity index (χ0v) is 11.9. The Bertz CT molecular complexity index is 647. The van der Waals surface area contributed by atoms with Crippen LogP contribution in [-0.2, 0) is 0 Å². The van der Waals surface area contributed by atoms with E-state index in [-0.39, 0.29) is 5.56 Å². The summed E-state index contributed by atoms with van der Waals surface area (Å²) in [5.74, 6) is -1.00. The van der Waals surface area contributed by atoms with Gasteiger partial charge in [0.2, 0.25) is 0 Å². The van der Waals surface area contributed by atoms with E-state index in [0.29, 0.717) is 20.6 Å². The van der Waals surface area contributed by atoms with E-state index in [0.717, 1.165) is 4.90 Å². The Kier molecular flexibility index (Phi) is 4.24. The lowest BCUT2D eigenvalue weighted by atomic mass is 10.2. The first-order valence-corrected chi connectivity index (χ1v) is 6.80. The van der Waals surface area contributed by atoms with Crippen LogP contribution in [0, 0.1) is 0 Å². The molecule has 6 heteroatoms. The van der Waals surface area contributed by atoms with Crippen LogP contribution < -0.4 is 5.73 Å². The van der Waals surface area contributed by atoms with Gasteiger partial charge in [0.05, 0.1) is 10.6 Å². The lowest BCUT2D eigenvalue weighted by Crippen LogP contribution is -1.98. The fraction of sp³-hybridized carbons (Fsp3) is 0. The van der Waals surface area contributed by atoms with Gasteiger partial charge in [-0.15, -0.1) is 0 Å². The van der Waals surface area contributed by atoms with E-state index in [1.165, 1.54) is 23.9 Å². The predicted octanol–water partition coefficient (Wildman–Crippen LogP) is 4.43. The number of carbonyl (C=O) groups is 1. The van der Waals surface area contributed by atoms with Crippen molar-refractivity contribution < 1.29 is 9.90 Å². The fourth-order valence-corrected chi connectivity index (χ4v) is 2.86. The molecule has 0 aliphatic heterocycles. The number of aromatic carboxylic acids is 1. The van der Waals surface area contributed by atoms with E-state index >= 15 is 0 Å². The molecule has 0 heterocycles. The second-order valence-corrected chi connectivity index (χ2v) is 5.66. The Hall–Kier alpha value is -1.36. The third-order valence-electron chi connectivity index (χ3n) is 2.37. The summed E-state index contributed by atoms with van der Waals surface area (Å²) in [5.41, 5.74) is 6.50. The summed E-state index contributed by atoms with van der Waals surface area (Å²) in [6, 6.07) is 9.61. The molecule has 2 rings (SSSR count). The second kappa shape index (κ2) is 5.74. The Morgan fingerprint density at radius 2 is 1.84 bits per heavy atom. The molecule has 0 saturated carbocycles. The van der Waals surface area contributed by atoms with E-state index in [1.54, 1.807) is 24.3 Å². The first-order valence-electron chi connectivity index (χ1n) is 5.23. The molecule has 3 N–H and O–H groups in total. The lowest BCUT2D eigenvalue weighted by Gasteiger charge is -2.08. The predicted molar refractivity (Wildman–Crippen MR) is 78.4 cm³/mol. The molecule has 0 aliphatic carbocycles. The van der Waals surface area contributed by atoms with Crippen molar-refractivity contribution in [1.82, 2.24) is 0 Å². The molecule has 19 heavy (non-hydrogen) atoms. The Morgan fingerprint density at radius 3 is 2.53 bits per heavy atom. The molecule has 0 saturated heterocycles. The van der Waals surface area contributed by atoms with Gasteiger partial charge in [0.15, 0.2) is 0 Å². The number of nitrogens with two attached hydrogens (primary N) is 1. The number of rotatable bonds is 3. The van der Waals surface area contributed by atoms with Crippen molar-refractivity contribution in [3.05, 3.63) is 52.0 Å². The third-order valence-corrected chi connectivity index (χ3v) is 4.18. The Balaban J connectivity index is 2.40. The number of benzene rings is 2. The quantitative estimate of drug-likeness (QED) is 0.823. The number of carboxylic acid groups (broad SMARTS) is 1. The van der Waals surface area contributed by atoms with Crippen LogP contribution in [-0.4, -0.2) is 11.1 Å². The maximum Gasteiger partial charge on any atom is 0.335 e. The number of carboxylic acids is 1. The molecule has 0 atom stereocenters. The van der Waals surface area contributed by atoms with E-state index < -0.39 is 5.97 Å². The summed E-state index contributed by atoms with van der Waals surface area (Å²) in [6.45, 7) is 0. The largest absolute Gasteiger partial charge is 0.478 e. The Morgan fingerprint density at radius 1 is 1.11 bits per heavy atom. The molecule has 0 fully saturated rings. The van der Waals surface area contributed by atoms with Gasteiger partial charge in [-0.1, -0.05) is 35.0 Å². The molecular weight excluding hydrogens is 305 g/mol. The first-order chi connectivity index (χ1) is 8.97. The normalized spacial score (nSPS) is 10.4. The summed E-state index contributed by atoms with van der Waals surface area (Å²) in [5, 5.41) is 10.1. The molecule has 0 amide bonds. The molecule has 2 aromatic rings. The number of hydrogen-bond donors (Lipinski definition) is 2. The van der Waals surface area contributed by atoms with E-state index in [9.17, 15) is 4.79 Å². The number of halogens is 2. The summed E-state index contributed by atoms with van der Waals surface area (Å²) in [6.07, 6.45) is 0. The number of anilines is 1. The van der Waals surface area contributed by atoms with Crippen LogP contribution >= 0.6 is 35.0 Å². The van der Waals surface area contributed by atoms with Gasteiger partial charge < -0.3 is 10.8 Å². The van der Waals surface area contributed by atoms with Gasteiger partial charge >= 0.3 is 5.97 Å². The minimum absolute atomic E-state index is 0.176. The van der Waals surface area contributed by atoms with Crippen molar-refractivity contribution in [2.45, 2.75) is 9.79 Å². The van der Waals surface area contributed by atoms with Crippen molar-refractivity contribution in [2.24, 2.45) is 0 Å². The van der Waals surface area contributed by atoms with Crippen molar-refractivity contribution >= 4 is 46.6 Å². The second-order valence-electron chi connectivity index (χ2n) is 3.73. The highest BCUT2D eigenvalue weighted by Gasteiger charge is 2.10. The monoisotopic (exact) mass is 313 g/mol. The van der Waals surface area contributed by atoms with Crippen molar-refractivity contribution in [3.8, 4) is 0 Å². The molecule has 0 aromatic heterocycles. The van der Waals surface area contributed by atoms with Gasteiger partial charge in [-0.3, -0.25) is 0 Å². The standard InChI is InChI=1S/C13H9Cl2NO2S/c14-8-2-3-9(15)11(6-8)19-12-5-7(13(17)18)1-4-10(12)16/h1-6H,16H2,(H,17,18). The van der Waals surface area contributed by atoms with Crippen molar-refractivity contribution in [2.75, 3.05) is 5.73 Å². The molecule has 0 bridgehead atoms. The summed E-state index contributed by atoms with van der Waals surface area (Å²) in [4.78, 5) is 12.3. The third kappa shape index (κ3) is 3.35. The van der Waals surface area contributed by atoms with E-state index in [4.69, 9.17) is 34.0 Å². The van der Waals surface area contributed by atoms with Gasteiger partial charge in [0.25, 0.3) is 0 Å². The molecule has 0 radical (unpaired) electrons. The van der Waals surface area contributed by atoms with E-state index in [1.807, 2.05) is 0 Å². The minimum atomic E-state index is -1.00. The highest BCUT2D eigenvalue weighted by atomic mass is 35.5. The van der Waals surface area contributed by atoms with Crippen LogP contribution in [0.2, 0.25) is 10.0 Å². The maximum atomic E-state index is 10.9. The number of hydrogen-bond acceptors (Lipinski definition) is 3. The highest BCUT2D eigenvalue weighted by molar-refractivity contribution is 7.99. The molecule has 2 aromatic carbocycles. The van der Waals surface area contributed by atoms with Gasteiger partial charge in [-0.05, 0) is 36.4 Å². The Labute approximate surface area is 124 Å². The lowest BCUT2D eigenvalue weighted by molar-refractivity contribution is 0.0696. The van der Waals surface area contributed by atoms with Crippen LogP contribution in [0.25, 0.3) is 0 Å². The minimum Gasteiger partial charge on any atom is -0.478 e. The van der Waals surface area contributed by atoms with E-state index in [2.05, 4.69) is 0 Å². The van der Waals surface area contributed by atoms with Crippen LogP contribution in [0.3, 0.4) is 0 Å². The van der Waals surface area contributed by atoms with Gasteiger partial charge in [-0.2, -0.15) is 0 Å². The van der Waals surface area contributed by atoms with Crippen LogP contribution in [0.5, 0.6) is 0 Å². The topological polar surface area (TPSA) is 63.3 Å². The molecule has 0 unspecified atom stereocenters. The summed E-state index contributed by atoms with van der Waals surface area (Å²) < 4.78 is 0. The summed E-state index contributed by atoms with van der Waals surface area (Å²) >= 11 is 13.3. The smallest absolute Gasteiger partial charge is 0.335 e.